The number of halogens is 1. The lowest BCUT2D eigenvalue weighted by atomic mass is 9.79. The maximum atomic E-state index is 6.23. The van der Waals surface area contributed by atoms with E-state index in [1.165, 1.54) is 5.56 Å². The van der Waals surface area contributed by atoms with Crippen molar-refractivity contribution < 1.29 is 4.74 Å². The summed E-state index contributed by atoms with van der Waals surface area (Å²) >= 11 is 0. The van der Waals surface area contributed by atoms with Gasteiger partial charge in [-0.25, -0.2) is 0 Å². The van der Waals surface area contributed by atoms with Crippen molar-refractivity contribution in [2.24, 2.45) is 11.1 Å². The van der Waals surface area contributed by atoms with Crippen molar-refractivity contribution in [3.05, 3.63) is 59.9 Å². The Hall–Kier alpha value is -1.62. The second-order valence-electron chi connectivity index (χ2n) is 7.35. The molecule has 0 radical (unpaired) electrons. The molecule has 0 aliphatic carbocycles. The van der Waals surface area contributed by atoms with Crippen LogP contribution >= 0.6 is 12.4 Å². The molecule has 136 valence electrons. The number of benzene rings is 1. The molecular formula is C20H28ClN3O. The van der Waals surface area contributed by atoms with Gasteiger partial charge in [-0.1, -0.05) is 32.0 Å². The summed E-state index contributed by atoms with van der Waals surface area (Å²) in [5.74, 6) is 0.895. The van der Waals surface area contributed by atoms with Crippen molar-refractivity contribution in [3.8, 4) is 5.75 Å². The Labute approximate surface area is 156 Å². The second-order valence-corrected chi connectivity index (χ2v) is 7.35. The summed E-state index contributed by atoms with van der Waals surface area (Å²) in [7, 11) is 0. The fourth-order valence-electron chi connectivity index (χ4n) is 3.25. The third-order valence-corrected chi connectivity index (χ3v) is 4.81. The van der Waals surface area contributed by atoms with Crippen LogP contribution in [-0.2, 0) is 13.2 Å². The molecule has 1 atom stereocenters. The molecule has 1 aliphatic heterocycles. The van der Waals surface area contributed by atoms with Crippen LogP contribution in [0.15, 0.2) is 48.7 Å². The SMILES string of the molecule is CC1(C)CN(Cc2cccc(OCc3ccccn3)c2)CCC1N.Cl. The molecule has 0 saturated carbocycles. The highest BCUT2D eigenvalue weighted by Gasteiger charge is 2.33. The van der Waals surface area contributed by atoms with Crippen molar-refractivity contribution in [3.63, 3.8) is 0 Å². The fraction of sp³-hybridized carbons (Fsp3) is 0.450. The maximum absolute atomic E-state index is 6.23. The van der Waals surface area contributed by atoms with Gasteiger partial charge in [-0.15, -0.1) is 12.4 Å². The van der Waals surface area contributed by atoms with E-state index in [1.807, 2.05) is 24.3 Å². The van der Waals surface area contributed by atoms with Gasteiger partial charge < -0.3 is 10.5 Å². The number of rotatable bonds is 5. The van der Waals surface area contributed by atoms with E-state index in [2.05, 4.69) is 41.9 Å². The number of nitrogens with two attached hydrogens (primary N) is 1. The van der Waals surface area contributed by atoms with Crippen LogP contribution in [0.1, 0.15) is 31.5 Å². The molecule has 1 unspecified atom stereocenters. The van der Waals surface area contributed by atoms with Gasteiger partial charge in [-0.2, -0.15) is 0 Å². The maximum Gasteiger partial charge on any atom is 0.130 e. The summed E-state index contributed by atoms with van der Waals surface area (Å²) in [6.45, 7) is 8.05. The summed E-state index contributed by atoms with van der Waals surface area (Å²) in [4.78, 5) is 6.78. The van der Waals surface area contributed by atoms with E-state index in [0.29, 0.717) is 12.6 Å². The number of hydrogen-bond acceptors (Lipinski definition) is 4. The van der Waals surface area contributed by atoms with E-state index in [4.69, 9.17) is 10.5 Å². The predicted octanol–water partition coefficient (Wildman–Crippen LogP) is 3.64. The van der Waals surface area contributed by atoms with Gasteiger partial charge in [0, 0.05) is 31.9 Å². The van der Waals surface area contributed by atoms with E-state index in [1.54, 1.807) is 6.20 Å². The Morgan fingerprint density at radius 2 is 2.08 bits per heavy atom. The standard InChI is InChI=1S/C20H27N3O.ClH/c1-20(2)15-23(11-9-19(20)21)13-16-6-5-8-18(12-16)24-14-17-7-3-4-10-22-17;/h3-8,10,12,19H,9,11,13-15,21H2,1-2H3;1H. The normalized spacial score (nSPS) is 19.9. The topological polar surface area (TPSA) is 51.4 Å². The van der Waals surface area contributed by atoms with Crippen molar-refractivity contribution >= 4 is 12.4 Å². The molecule has 0 spiro atoms. The molecule has 5 heteroatoms. The number of hydrogen-bond donors (Lipinski definition) is 1. The van der Waals surface area contributed by atoms with Crippen LogP contribution in [0.3, 0.4) is 0 Å². The van der Waals surface area contributed by atoms with Crippen LogP contribution in [0.2, 0.25) is 0 Å². The van der Waals surface area contributed by atoms with Crippen molar-refractivity contribution in [1.82, 2.24) is 9.88 Å². The molecular weight excluding hydrogens is 334 g/mol. The first-order valence-electron chi connectivity index (χ1n) is 8.62. The Bertz CT molecular complexity index is 663. The molecule has 1 aliphatic rings. The lowest BCUT2D eigenvalue weighted by Crippen LogP contribution is -2.52. The minimum absolute atomic E-state index is 0. The summed E-state index contributed by atoms with van der Waals surface area (Å²) < 4.78 is 5.88. The summed E-state index contributed by atoms with van der Waals surface area (Å²) in [5.41, 5.74) is 8.62. The lowest BCUT2D eigenvalue weighted by molar-refractivity contribution is 0.0898. The molecule has 1 aromatic heterocycles. The predicted molar refractivity (Wildman–Crippen MR) is 104 cm³/mol. The molecule has 25 heavy (non-hydrogen) atoms. The van der Waals surface area contributed by atoms with Crippen molar-refractivity contribution in [2.75, 3.05) is 13.1 Å². The molecule has 3 rings (SSSR count). The molecule has 2 N–H and O–H groups in total. The number of pyridine rings is 1. The van der Waals surface area contributed by atoms with Crippen molar-refractivity contribution in [1.29, 1.82) is 0 Å². The van der Waals surface area contributed by atoms with Gasteiger partial charge in [0.25, 0.3) is 0 Å². The van der Waals surface area contributed by atoms with Crippen LogP contribution in [0.5, 0.6) is 5.75 Å². The largest absolute Gasteiger partial charge is 0.487 e. The average Bonchev–Trinajstić information content (AvgIpc) is 2.57. The van der Waals surface area contributed by atoms with E-state index in [9.17, 15) is 0 Å². The highest BCUT2D eigenvalue weighted by Crippen LogP contribution is 2.29. The zero-order valence-corrected chi connectivity index (χ0v) is 15.8. The van der Waals surface area contributed by atoms with Crippen LogP contribution in [-0.4, -0.2) is 29.0 Å². The minimum Gasteiger partial charge on any atom is -0.487 e. The fourth-order valence-corrected chi connectivity index (χ4v) is 3.25. The van der Waals surface area contributed by atoms with Gasteiger partial charge in [0.15, 0.2) is 0 Å². The number of nitrogens with zero attached hydrogens (tertiary/aromatic N) is 2. The third kappa shape index (κ3) is 5.43. The average molecular weight is 362 g/mol. The summed E-state index contributed by atoms with van der Waals surface area (Å²) in [6.07, 6.45) is 2.85. The van der Waals surface area contributed by atoms with E-state index < -0.39 is 0 Å². The monoisotopic (exact) mass is 361 g/mol. The number of ether oxygens (including phenoxy) is 1. The van der Waals surface area contributed by atoms with Crippen LogP contribution < -0.4 is 10.5 Å². The number of aromatic nitrogens is 1. The Balaban J connectivity index is 0.00000225. The van der Waals surface area contributed by atoms with Crippen LogP contribution in [0, 0.1) is 5.41 Å². The molecule has 0 amide bonds. The highest BCUT2D eigenvalue weighted by atomic mass is 35.5. The van der Waals surface area contributed by atoms with Gasteiger partial charge in [0.1, 0.15) is 12.4 Å². The molecule has 2 heterocycles. The van der Waals surface area contributed by atoms with E-state index in [0.717, 1.165) is 37.5 Å². The van der Waals surface area contributed by atoms with Crippen LogP contribution in [0.4, 0.5) is 0 Å². The third-order valence-electron chi connectivity index (χ3n) is 4.81. The molecule has 2 aromatic rings. The van der Waals surface area contributed by atoms with Gasteiger partial charge in [0.2, 0.25) is 0 Å². The first-order valence-corrected chi connectivity index (χ1v) is 8.62. The highest BCUT2D eigenvalue weighted by molar-refractivity contribution is 5.85. The van der Waals surface area contributed by atoms with Gasteiger partial charge >= 0.3 is 0 Å². The van der Waals surface area contributed by atoms with E-state index in [-0.39, 0.29) is 17.8 Å². The second kappa shape index (κ2) is 8.65. The number of piperidine rings is 1. The van der Waals surface area contributed by atoms with Crippen LogP contribution in [0.25, 0.3) is 0 Å². The minimum atomic E-state index is 0. The van der Waals surface area contributed by atoms with Gasteiger partial charge in [0.05, 0.1) is 5.69 Å². The first-order chi connectivity index (χ1) is 11.5. The molecule has 1 aromatic carbocycles. The van der Waals surface area contributed by atoms with Crippen molar-refractivity contribution in [2.45, 2.75) is 39.5 Å². The molecule has 1 fully saturated rings. The first kappa shape index (κ1) is 19.7. The number of likely N-dealkylation sites (tertiary alicyclic amines) is 1. The van der Waals surface area contributed by atoms with Gasteiger partial charge in [-0.3, -0.25) is 9.88 Å². The zero-order valence-electron chi connectivity index (χ0n) is 15.0. The molecule has 1 saturated heterocycles. The van der Waals surface area contributed by atoms with Gasteiger partial charge in [-0.05, 0) is 41.7 Å². The zero-order chi connectivity index (χ0) is 17.0. The lowest BCUT2D eigenvalue weighted by Gasteiger charge is -2.42. The Morgan fingerprint density at radius 1 is 1.24 bits per heavy atom. The smallest absolute Gasteiger partial charge is 0.130 e. The Kier molecular flexibility index (Phi) is 6.82. The molecule has 4 nitrogen and oxygen atoms in total. The summed E-state index contributed by atoms with van der Waals surface area (Å²) in [6, 6.07) is 14.5. The molecule has 0 bridgehead atoms. The quantitative estimate of drug-likeness (QED) is 0.883. The van der Waals surface area contributed by atoms with E-state index >= 15 is 0 Å². The Morgan fingerprint density at radius 3 is 2.80 bits per heavy atom. The summed E-state index contributed by atoms with van der Waals surface area (Å²) in [5, 5.41) is 0.